The van der Waals surface area contributed by atoms with Crippen molar-refractivity contribution in [1.82, 2.24) is 4.98 Å². The predicted octanol–water partition coefficient (Wildman–Crippen LogP) is 4.25. The SMILES string of the molecule is COc1ccc(/C=C/C(=O)OCc2ncc(-c3ccccc3)o2)cc1F. The van der Waals surface area contributed by atoms with Crippen molar-refractivity contribution in [1.29, 1.82) is 0 Å². The Hall–Kier alpha value is -3.41. The number of hydrogen-bond acceptors (Lipinski definition) is 5. The summed E-state index contributed by atoms with van der Waals surface area (Å²) in [6.45, 7) is -0.0903. The van der Waals surface area contributed by atoms with E-state index in [0.29, 0.717) is 17.2 Å². The lowest BCUT2D eigenvalue weighted by Gasteiger charge is -2.02. The Bertz CT molecular complexity index is 919. The molecular formula is C20H16FNO4. The first kappa shape index (κ1) is 17.4. The van der Waals surface area contributed by atoms with E-state index in [-0.39, 0.29) is 12.4 Å². The Morgan fingerprint density at radius 1 is 1.23 bits per heavy atom. The maximum atomic E-state index is 13.6. The molecular weight excluding hydrogens is 337 g/mol. The fraction of sp³-hybridized carbons (Fsp3) is 0.100. The van der Waals surface area contributed by atoms with Crippen LogP contribution in [0.5, 0.6) is 5.75 Å². The summed E-state index contributed by atoms with van der Waals surface area (Å²) in [5, 5.41) is 0. The molecule has 0 amide bonds. The van der Waals surface area contributed by atoms with Crippen molar-refractivity contribution in [2.24, 2.45) is 0 Å². The molecule has 0 unspecified atom stereocenters. The molecule has 0 fully saturated rings. The molecule has 1 heterocycles. The second-order valence-corrected chi connectivity index (χ2v) is 5.32. The number of aromatic nitrogens is 1. The molecule has 0 aliphatic carbocycles. The number of methoxy groups -OCH3 is 1. The minimum atomic E-state index is -0.583. The van der Waals surface area contributed by atoms with Crippen molar-refractivity contribution in [2.75, 3.05) is 7.11 Å². The maximum Gasteiger partial charge on any atom is 0.331 e. The first-order valence-electron chi connectivity index (χ1n) is 7.84. The largest absolute Gasteiger partial charge is 0.494 e. The third kappa shape index (κ3) is 4.36. The van der Waals surface area contributed by atoms with Gasteiger partial charge in [-0.1, -0.05) is 36.4 Å². The number of hydrogen-bond donors (Lipinski definition) is 0. The van der Waals surface area contributed by atoms with Gasteiger partial charge >= 0.3 is 5.97 Å². The molecule has 3 aromatic rings. The van der Waals surface area contributed by atoms with E-state index in [1.807, 2.05) is 30.3 Å². The van der Waals surface area contributed by atoms with E-state index in [2.05, 4.69) is 4.98 Å². The van der Waals surface area contributed by atoms with E-state index in [9.17, 15) is 9.18 Å². The number of esters is 1. The fourth-order valence-corrected chi connectivity index (χ4v) is 2.24. The topological polar surface area (TPSA) is 61.6 Å². The molecule has 0 N–H and O–H groups in total. The lowest BCUT2D eigenvalue weighted by Crippen LogP contribution is -2.00. The molecule has 1 aromatic heterocycles. The Balaban J connectivity index is 1.56. The highest BCUT2D eigenvalue weighted by atomic mass is 19.1. The van der Waals surface area contributed by atoms with Crippen molar-refractivity contribution in [3.05, 3.63) is 78.1 Å². The van der Waals surface area contributed by atoms with Gasteiger partial charge in [0.1, 0.15) is 0 Å². The van der Waals surface area contributed by atoms with Gasteiger partial charge in [-0.3, -0.25) is 0 Å². The third-order valence-corrected chi connectivity index (χ3v) is 3.54. The first-order valence-corrected chi connectivity index (χ1v) is 7.84. The average molecular weight is 353 g/mol. The summed E-state index contributed by atoms with van der Waals surface area (Å²) in [4.78, 5) is 15.9. The lowest BCUT2D eigenvalue weighted by molar-refractivity contribution is -0.139. The van der Waals surface area contributed by atoms with Crippen LogP contribution in [-0.4, -0.2) is 18.1 Å². The zero-order chi connectivity index (χ0) is 18.4. The maximum absolute atomic E-state index is 13.6. The van der Waals surface area contributed by atoms with Gasteiger partial charge in [0.05, 0.1) is 13.3 Å². The van der Waals surface area contributed by atoms with Crippen molar-refractivity contribution in [3.63, 3.8) is 0 Å². The van der Waals surface area contributed by atoms with Gasteiger partial charge in [0.25, 0.3) is 0 Å². The number of nitrogens with zero attached hydrogens (tertiary/aromatic N) is 1. The van der Waals surface area contributed by atoms with E-state index in [0.717, 1.165) is 5.56 Å². The normalized spacial score (nSPS) is 10.8. The van der Waals surface area contributed by atoms with Crippen LogP contribution in [0.2, 0.25) is 0 Å². The quantitative estimate of drug-likeness (QED) is 0.490. The molecule has 2 aromatic carbocycles. The number of benzene rings is 2. The van der Waals surface area contributed by atoms with E-state index in [1.165, 1.54) is 31.4 Å². The molecule has 0 bridgehead atoms. The highest BCUT2D eigenvalue weighted by Gasteiger charge is 2.08. The average Bonchev–Trinajstić information content (AvgIpc) is 3.14. The van der Waals surface area contributed by atoms with Crippen LogP contribution in [-0.2, 0) is 16.1 Å². The van der Waals surface area contributed by atoms with Crippen LogP contribution in [0, 0.1) is 5.82 Å². The van der Waals surface area contributed by atoms with Gasteiger partial charge in [-0.2, -0.15) is 0 Å². The van der Waals surface area contributed by atoms with E-state index in [1.54, 1.807) is 12.3 Å². The van der Waals surface area contributed by atoms with E-state index >= 15 is 0 Å². The number of rotatable bonds is 6. The van der Waals surface area contributed by atoms with Gasteiger partial charge in [0.2, 0.25) is 5.89 Å². The molecule has 5 nitrogen and oxygen atoms in total. The minimum Gasteiger partial charge on any atom is -0.494 e. The van der Waals surface area contributed by atoms with Gasteiger partial charge in [-0.05, 0) is 23.8 Å². The number of carbonyl (C=O) groups excluding carboxylic acids is 1. The van der Waals surface area contributed by atoms with Crippen LogP contribution in [0.4, 0.5) is 4.39 Å². The fourth-order valence-electron chi connectivity index (χ4n) is 2.24. The number of oxazole rings is 1. The summed E-state index contributed by atoms with van der Waals surface area (Å²) in [5.74, 6) is -0.0539. The summed E-state index contributed by atoms with van der Waals surface area (Å²) < 4.78 is 29.1. The smallest absolute Gasteiger partial charge is 0.331 e. The highest BCUT2D eigenvalue weighted by Crippen LogP contribution is 2.20. The molecule has 26 heavy (non-hydrogen) atoms. The van der Waals surface area contributed by atoms with Gasteiger partial charge in [0.15, 0.2) is 23.9 Å². The molecule has 3 rings (SSSR count). The second-order valence-electron chi connectivity index (χ2n) is 5.32. The number of carbonyl (C=O) groups is 1. The summed E-state index contributed by atoms with van der Waals surface area (Å²) in [6.07, 6.45) is 4.24. The zero-order valence-electron chi connectivity index (χ0n) is 14.0. The molecule has 0 spiro atoms. The molecule has 0 atom stereocenters. The number of halogens is 1. The van der Waals surface area contributed by atoms with Crippen LogP contribution in [0.3, 0.4) is 0 Å². The van der Waals surface area contributed by atoms with Crippen molar-refractivity contribution in [2.45, 2.75) is 6.61 Å². The molecule has 132 valence electrons. The van der Waals surface area contributed by atoms with Gasteiger partial charge in [-0.25, -0.2) is 14.2 Å². The molecule has 6 heteroatoms. The van der Waals surface area contributed by atoms with Crippen molar-refractivity contribution >= 4 is 12.0 Å². The van der Waals surface area contributed by atoms with Crippen molar-refractivity contribution < 1.29 is 23.1 Å². The number of ether oxygens (including phenoxy) is 2. The second kappa shape index (κ2) is 8.11. The molecule has 0 saturated carbocycles. The third-order valence-electron chi connectivity index (χ3n) is 3.54. The Kier molecular flexibility index (Phi) is 5.43. The standard InChI is InChI=1S/C20H16FNO4/c1-24-17-9-7-14(11-16(17)21)8-10-20(23)25-13-19-22-12-18(26-19)15-5-3-2-4-6-15/h2-12H,13H2,1H3/b10-8+. The Morgan fingerprint density at radius 2 is 2.04 bits per heavy atom. The van der Waals surface area contributed by atoms with Crippen molar-refractivity contribution in [3.8, 4) is 17.1 Å². The predicted molar refractivity (Wildman–Crippen MR) is 93.7 cm³/mol. The summed E-state index contributed by atoms with van der Waals surface area (Å²) in [5.41, 5.74) is 1.40. The highest BCUT2D eigenvalue weighted by molar-refractivity contribution is 5.87. The van der Waals surface area contributed by atoms with E-state index < -0.39 is 11.8 Å². The first-order chi connectivity index (χ1) is 12.7. The molecule has 0 aliphatic rings. The summed E-state index contributed by atoms with van der Waals surface area (Å²) in [6, 6.07) is 13.9. The molecule has 0 saturated heterocycles. The van der Waals surface area contributed by atoms with Crippen LogP contribution < -0.4 is 4.74 Å². The molecule has 0 radical (unpaired) electrons. The summed E-state index contributed by atoms with van der Waals surface area (Å²) in [7, 11) is 1.39. The van der Waals surface area contributed by atoms with Crippen LogP contribution in [0.15, 0.2) is 65.2 Å². The van der Waals surface area contributed by atoms with Crippen LogP contribution in [0.1, 0.15) is 11.5 Å². The Labute approximate surface area is 149 Å². The minimum absolute atomic E-state index is 0.0903. The van der Waals surface area contributed by atoms with Gasteiger partial charge < -0.3 is 13.9 Å². The monoisotopic (exact) mass is 353 g/mol. The van der Waals surface area contributed by atoms with Gasteiger partial charge in [0, 0.05) is 11.6 Å². The Morgan fingerprint density at radius 3 is 2.77 bits per heavy atom. The van der Waals surface area contributed by atoms with Crippen LogP contribution >= 0.6 is 0 Å². The van der Waals surface area contributed by atoms with E-state index in [4.69, 9.17) is 13.9 Å². The lowest BCUT2D eigenvalue weighted by atomic mass is 10.2. The van der Waals surface area contributed by atoms with Crippen LogP contribution in [0.25, 0.3) is 17.4 Å². The zero-order valence-corrected chi connectivity index (χ0v) is 14.0. The van der Waals surface area contributed by atoms with Gasteiger partial charge in [-0.15, -0.1) is 0 Å². The summed E-state index contributed by atoms with van der Waals surface area (Å²) >= 11 is 0. The molecule has 0 aliphatic heterocycles.